The number of nitrogens with zero attached hydrogens (tertiary/aromatic N) is 2. The molecule has 1 heterocycles. The minimum absolute atomic E-state index is 0.170. The number of aryl methyl sites for hydroxylation is 1. The first-order valence-electron chi connectivity index (χ1n) is 11.7. The molecule has 35 heavy (non-hydrogen) atoms. The van der Waals surface area contributed by atoms with E-state index in [9.17, 15) is 14.0 Å². The van der Waals surface area contributed by atoms with E-state index in [1.54, 1.807) is 41.0 Å². The van der Waals surface area contributed by atoms with E-state index < -0.39 is 0 Å². The third-order valence-corrected chi connectivity index (χ3v) is 6.66. The van der Waals surface area contributed by atoms with E-state index in [2.05, 4.69) is 5.32 Å². The number of aromatic nitrogens is 2. The van der Waals surface area contributed by atoms with Crippen LogP contribution in [0, 0.1) is 11.7 Å². The molecule has 0 saturated heterocycles. The molecule has 0 aliphatic heterocycles. The van der Waals surface area contributed by atoms with Gasteiger partial charge in [-0.1, -0.05) is 74.1 Å². The number of nitrogens with one attached hydrogen (secondary N) is 1. The van der Waals surface area contributed by atoms with E-state index in [4.69, 9.17) is 4.98 Å². The molecule has 1 amide bonds. The van der Waals surface area contributed by atoms with Gasteiger partial charge in [0, 0.05) is 24.4 Å². The largest absolute Gasteiger partial charge is 0.352 e. The summed E-state index contributed by atoms with van der Waals surface area (Å²) in [5, 5.41) is 3.85. The average Bonchev–Trinajstić information content (AvgIpc) is 2.86. The van der Waals surface area contributed by atoms with Gasteiger partial charge in [-0.2, -0.15) is 0 Å². The van der Waals surface area contributed by atoms with Crippen molar-refractivity contribution in [3.8, 4) is 0 Å². The zero-order valence-electron chi connectivity index (χ0n) is 19.8. The number of rotatable bonds is 9. The number of amides is 1. The van der Waals surface area contributed by atoms with Crippen molar-refractivity contribution in [1.82, 2.24) is 14.9 Å². The van der Waals surface area contributed by atoms with Crippen LogP contribution >= 0.6 is 11.8 Å². The fourth-order valence-corrected chi connectivity index (χ4v) is 4.70. The van der Waals surface area contributed by atoms with Crippen LogP contribution in [-0.4, -0.2) is 22.0 Å². The molecule has 0 spiro atoms. The van der Waals surface area contributed by atoms with E-state index in [0.29, 0.717) is 58.4 Å². The predicted molar refractivity (Wildman–Crippen MR) is 139 cm³/mol. The number of benzene rings is 3. The summed E-state index contributed by atoms with van der Waals surface area (Å²) >= 11 is 1.32. The van der Waals surface area contributed by atoms with E-state index in [0.717, 1.165) is 5.56 Å². The number of carbonyl (C=O) groups excluding carboxylic acids is 1. The molecule has 0 fully saturated rings. The summed E-state index contributed by atoms with van der Waals surface area (Å²) in [5.74, 6) is 0.180. The van der Waals surface area contributed by atoms with Gasteiger partial charge in [-0.05, 0) is 47.7 Å². The smallest absolute Gasteiger partial charge is 0.262 e. The molecule has 5 nitrogen and oxygen atoms in total. The predicted octanol–water partition coefficient (Wildman–Crippen LogP) is 5.46. The lowest BCUT2D eigenvalue weighted by Crippen LogP contribution is -2.28. The Morgan fingerprint density at radius 2 is 1.80 bits per heavy atom. The summed E-state index contributed by atoms with van der Waals surface area (Å²) in [5.41, 5.74) is 2.40. The topological polar surface area (TPSA) is 64.0 Å². The third-order valence-electron chi connectivity index (χ3n) is 5.63. The second-order valence-corrected chi connectivity index (χ2v) is 9.75. The number of carbonyl (C=O) groups is 1. The van der Waals surface area contributed by atoms with Crippen LogP contribution in [0.4, 0.5) is 4.39 Å². The number of halogens is 1. The molecule has 7 heteroatoms. The first kappa shape index (κ1) is 24.7. The SMILES string of the molecule is CC(C)CNC(=O)c1ccc2c(=O)n(CCc3ccccc3)c(SCc3ccccc3F)nc2c1. The molecule has 0 unspecified atom stereocenters. The van der Waals surface area contributed by atoms with Crippen LogP contribution in [0.2, 0.25) is 0 Å². The first-order chi connectivity index (χ1) is 16.9. The molecule has 180 valence electrons. The Hall–Kier alpha value is -3.45. The zero-order chi connectivity index (χ0) is 24.8. The van der Waals surface area contributed by atoms with Crippen LogP contribution in [-0.2, 0) is 18.7 Å². The minimum atomic E-state index is -0.289. The van der Waals surface area contributed by atoms with Gasteiger partial charge >= 0.3 is 0 Å². The van der Waals surface area contributed by atoms with Crippen LogP contribution < -0.4 is 10.9 Å². The van der Waals surface area contributed by atoms with Crippen molar-refractivity contribution >= 4 is 28.6 Å². The third kappa shape index (κ3) is 6.17. The van der Waals surface area contributed by atoms with Gasteiger partial charge < -0.3 is 5.32 Å². The van der Waals surface area contributed by atoms with Gasteiger partial charge in [0.25, 0.3) is 11.5 Å². The second kappa shape index (κ2) is 11.3. The normalized spacial score (nSPS) is 11.2. The fraction of sp³-hybridized carbons (Fsp3) is 0.250. The molecular formula is C28H28FN3O2S. The maximum absolute atomic E-state index is 14.2. The highest BCUT2D eigenvalue weighted by molar-refractivity contribution is 7.98. The average molecular weight is 490 g/mol. The molecule has 0 saturated carbocycles. The van der Waals surface area contributed by atoms with Crippen molar-refractivity contribution in [2.24, 2.45) is 5.92 Å². The Kier molecular flexibility index (Phi) is 7.98. The Morgan fingerprint density at radius 3 is 2.54 bits per heavy atom. The molecule has 4 aromatic rings. The zero-order valence-corrected chi connectivity index (χ0v) is 20.6. The summed E-state index contributed by atoms with van der Waals surface area (Å²) in [6.45, 7) is 5.07. The Labute approximate surface area is 208 Å². The molecule has 0 atom stereocenters. The molecule has 4 rings (SSSR count). The summed E-state index contributed by atoms with van der Waals surface area (Å²) in [4.78, 5) is 30.8. The van der Waals surface area contributed by atoms with E-state index >= 15 is 0 Å². The number of thioether (sulfide) groups is 1. The number of fused-ring (bicyclic) bond motifs is 1. The summed E-state index contributed by atoms with van der Waals surface area (Å²) < 4.78 is 15.9. The molecule has 1 aromatic heterocycles. The Bertz CT molecular complexity index is 1390. The van der Waals surface area contributed by atoms with Gasteiger partial charge in [0.1, 0.15) is 5.82 Å². The highest BCUT2D eigenvalue weighted by Crippen LogP contribution is 2.24. The van der Waals surface area contributed by atoms with Crippen molar-refractivity contribution in [3.05, 3.63) is 106 Å². The summed E-state index contributed by atoms with van der Waals surface area (Å²) in [6, 6.07) is 21.5. The van der Waals surface area contributed by atoms with Crippen LogP contribution in [0.3, 0.4) is 0 Å². The van der Waals surface area contributed by atoms with Gasteiger partial charge in [0.15, 0.2) is 5.16 Å². The Balaban J connectivity index is 1.69. The summed E-state index contributed by atoms with van der Waals surface area (Å²) in [7, 11) is 0. The molecular weight excluding hydrogens is 461 g/mol. The van der Waals surface area contributed by atoms with Crippen LogP contribution in [0.1, 0.15) is 35.3 Å². The minimum Gasteiger partial charge on any atom is -0.352 e. The van der Waals surface area contributed by atoms with Crippen LogP contribution in [0.15, 0.2) is 82.7 Å². The van der Waals surface area contributed by atoms with Crippen molar-refractivity contribution in [2.75, 3.05) is 6.54 Å². The number of hydrogen-bond donors (Lipinski definition) is 1. The lowest BCUT2D eigenvalue weighted by molar-refractivity contribution is 0.0949. The lowest BCUT2D eigenvalue weighted by atomic mass is 10.1. The quantitative estimate of drug-likeness (QED) is 0.251. The maximum Gasteiger partial charge on any atom is 0.262 e. The first-order valence-corrected chi connectivity index (χ1v) is 12.6. The van der Waals surface area contributed by atoms with Crippen LogP contribution in [0.25, 0.3) is 10.9 Å². The van der Waals surface area contributed by atoms with Crippen LogP contribution in [0.5, 0.6) is 0 Å². The Morgan fingerprint density at radius 1 is 1.06 bits per heavy atom. The van der Waals surface area contributed by atoms with E-state index in [1.165, 1.54) is 17.8 Å². The van der Waals surface area contributed by atoms with Gasteiger partial charge in [0.2, 0.25) is 0 Å². The van der Waals surface area contributed by atoms with Crippen molar-refractivity contribution in [1.29, 1.82) is 0 Å². The standard InChI is InChI=1S/C28H28FN3O2S/c1-19(2)17-30-26(33)21-12-13-23-25(16-21)31-28(35-18-22-10-6-7-11-24(22)29)32(27(23)34)15-14-20-8-4-3-5-9-20/h3-13,16,19H,14-15,17-18H2,1-2H3,(H,30,33). The maximum atomic E-state index is 14.2. The van der Waals surface area contributed by atoms with Crippen molar-refractivity contribution in [3.63, 3.8) is 0 Å². The van der Waals surface area contributed by atoms with E-state index in [-0.39, 0.29) is 17.3 Å². The van der Waals surface area contributed by atoms with Gasteiger partial charge in [-0.3, -0.25) is 14.2 Å². The van der Waals surface area contributed by atoms with Crippen molar-refractivity contribution in [2.45, 2.75) is 37.7 Å². The molecule has 0 bridgehead atoms. The van der Waals surface area contributed by atoms with Gasteiger partial charge in [-0.15, -0.1) is 0 Å². The summed E-state index contributed by atoms with van der Waals surface area (Å²) in [6.07, 6.45) is 0.664. The van der Waals surface area contributed by atoms with Gasteiger partial charge in [-0.25, -0.2) is 9.37 Å². The highest BCUT2D eigenvalue weighted by atomic mass is 32.2. The van der Waals surface area contributed by atoms with E-state index in [1.807, 2.05) is 44.2 Å². The highest BCUT2D eigenvalue weighted by Gasteiger charge is 2.15. The molecule has 3 aromatic carbocycles. The molecule has 1 N–H and O–H groups in total. The number of hydrogen-bond acceptors (Lipinski definition) is 4. The van der Waals surface area contributed by atoms with Gasteiger partial charge in [0.05, 0.1) is 10.9 Å². The lowest BCUT2D eigenvalue weighted by Gasteiger charge is -2.14. The molecule has 0 aliphatic carbocycles. The molecule has 0 radical (unpaired) electrons. The molecule has 0 aliphatic rings. The monoisotopic (exact) mass is 489 g/mol. The second-order valence-electron chi connectivity index (χ2n) is 8.80. The fourth-order valence-electron chi connectivity index (χ4n) is 3.69. The van der Waals surface area contributed by atoms with Crippen molar-refractivity contribution < 1.29 is 9.18 Å².